The van der Waals surface area contributed by atoms with Gasteiger partial charge in [0.25, 0.3) is 0 Å². The second-order valence-corrected chi connectivity index (χ2v) is 12.9. The summed E-state index contributed by atoms with van der Waals surface area (Å²) < 4.78 is 22.6. The molecule has 0 amide bonds. The van der Waals surface area contributed by atoms with Gasteiger partial charge in [0.15, 0.2) is 4.80 Å². The molecule has 5 aromatic rings. The molecule has 238 valence electrons. The summed E-state index contributed by atoms with van der Waals surface area (Å²) in [4.78, 5) is 14.6. The van der Waals surface area contributed by atoms with Gasteiger partial charge in [0, 0.05) is 66.8 Å². The predicted molar refractivity (Wildman–Crippen MR) is 180 cm³/mol. The Bertz CT molecular complexity index is 1820. The van der Waals surface area contributed by atoms with Gasteiger partial charge in [0.1, 0.15) is 37.7 Å². The molecular formula is C33H33Cl2N7O3S. The molecule has 2 aliphatic rings. The average Bonchev–Trinajstić information content (AvgIpc) is 3.84. The Hall–Kier alpha value is -3.87. The van der Waals surface area contributed by atoms with E-state index in [9.17, 15) is 0 Å². The Balaban J connectivity index is 0.930. The summed E-state index contributed by atoms with van der Waals surface area (Å²) in [6, 6.07) is 22.0. The van der Waals surface area contributed by atoms with E-state index in [2.05, 4.69) is 56.3 Å². The van der Waals surface area contributed by atoms with Crippen molar-refractivity contribution in [3.8, 4) is 5.75 Å². The third-order valence-electron chi connectivity index (χ3n) is 8.15. The number of aryl methyl sites for hydroxylation is 1. The number of aromatic nitrogens is 4. The van der Waals surface area contributed by atoms with E-state index in [0.717, 1.165) is 42.4 Å². The van der Waals surface area contributed by atoms with Crippen LogP contribution in [-0.2, 0) is 28.9 Å². The highest BCUT2D eigenvalue weighted by molar-refractivity contribution is 7.07. The summed E-state index contributed by atoms with van der Waals surface area (Å²) >= 11 is 14.4. The molecule has 7 rings (SSSR count). The molecule has 0 N–H and O–H groups in total. The zero-order chi connectivity index (χ0) is 31.5. The first-order chi connectivity index (χ1) is 22.4. The number of hydrogen-bond acceptors (Lipinski definition) is 9. The van der Waals surface area contributed by atoms with Crippen LogP contribution in [0.1, 0.15) is 5.56 Å². The maximum absolute atomic E-state index is 6.58. The lowest BCUT2D eigenvalue weighted by Gasteiger charge is -2.37. The van der Waals surface area contributed by atoms with Crippen LogP contribution in [0.2, 0.25) is 10.0 Å². The van der Waals surface area contributed by atoms with Crippen LogP contribution < -0.4 is 19.3 Å². The van der Waals surface area contributed by atoms with E-state index >= 15 is 0 Å². The predicted octanol–water partition coefficient (Wildman–Crippen LogP) is 5.89. The molecule has 10 nitrogen and oxygen atoms in total. The van der Waals surface area contributed by atoms with Crippen molar-refractivity contribution in [1.29, 1.82) is 0 Å². The van der Waals surface area contributed by atoms with Crippen molar-refractivity contribution >= 4 is 51.6 Å². The lowest BCUT2D eigenvalue weighted by atomic mass is 10.1. The van der Waals surface area contributed by atoms with Gasteiger partial charge in [-0.05, 0) is 60.7 Å². The van der Waals surface area contributed by atoms with Crippen LogP contribution in [0.25, 0.3) is 0 Å². The maximum atomic E-state index is 6.58. The van der Waals surface area contributed by atoms with Crippen LogP contribution in [-0.4, -0.2) is 64.8 Å². The van der Waals surface area contributed by atoms with Crippen molar-refractivity contribution in [2.45, 2.75) is 18.4 Å². The quantitative estimate of drug-likeness (QED) is 0.192. The summed E-state index contributed by atoms with van der Waals surface area (Å²) in [5.41, 5.74) is 4.04. The SMILES string of the molecule is Cn1ccsc1=Nc1ccc(N2CCN(c3ccc(OCC4COC(Cn5cncn5)(c5ccc(Cl)cc5Cl)O4)cc3)CC2)cc1. The molecule has 0 bridgehead atoms. The summed E-state index contributed by atoms with van der Waals surface area (Å²) in [6.45, 7) is 4.70. The first-order valence-electron chi connectivity index (χ1n) is 15.0. The summed E-state index contributed by atoms with van der Waals surface area (Å²) in [7, 11) is 2.01. The van der Waals surface area contributed by atoms with Crippen molar-refractivity contribution in [3.63, 3.8) is 0 Å². The lowest BCUT2D eigenvalue weighted by Crippen LogP contribution is -2.46. The largest absolute Gasteiger partial charge is 0.491 e. The van der Waals surface area contributed by atoms with Crippen LogP contribution in [0.5, 0.6) is 5.75 Å². The molecule has 0 spiro atoms. The number of ether oxygens (including phenoxy) is 3. The minimum Gasteiger partial charge on any atom is -0.491 e. The van der Waals surface area contributed by atoms with Gasteiger partial charge in [-0.2, -0.15) is 5.10 Å². The molecule has 2 unspecified atom stereocenters. The number of anilines is 2. The average molecular weight is 679 g/mol. The third kappa shape index (κ3) is 6.79. The third-order valence-corrected chi connectivity index (χ3v) is 9.55. The van der Waals surface area contributed by atoms with Crippen molar-refractivity contribution in [3.05, 3.63) is 111 Å². The van der Waals surface area contributed by atoms with Crippen LogP contribution >= 0.6 is 34.5 Å². The Morgan fingerprint density at radius 3 is 2.33 bits per heavy atom. The molecule has 2 aromatic heterocycles. The first kappa shape index (κ1) is 30.8. The number of nitrogens with zero attached hydrogens (tertiary/aromatic N) is 7. The standard InChI is InChI=1S/C33H33Cl2N7O3S/c1-39-16-17-46-32(39)38-25-3-5-26(6-4-25)40-12-14-41(15-13-40)27-7-9-28(10-8-27)43-19-29-20-44-33(45-29,21-42-23-36-22-37-42)30-11-2-24(34)18-31(30)35/h2-11,16-18,22-23,29H,12-15,19-21H2,1H3. The minimum absolute atomic E-state index is 0.280. The molecule has 0 radical (unpaired) electrons. The molecule has 2 saturated heterocycles. The Kier molecular flexibility index (Phi) is 9.01. The molecule has 2 aliphatic heterocycles. The molecular weight excluding hydrogens is 645 g/mol. The fourth-order valence-electron chi connectivity index (χ4n) is 5.73. The summed E-state index contributed by atoms with van der Waals surface area (Å²) in [5.74, 6) is -0.374. The van der Waals surface area contributed by atoms with Gasteiger partial charge >= 0.3 is 0 Å². The zero-order valence-electron chi connectivity index (χ0n) is 25.2. The number of thiazole rings is 1. The Morgan fingerprint density at radius 2 is 1.70 bits per heavy atom. The molecule has 2 atom stereocenters. The highest BCUT2D eigenvalue weighted by Gasteiger charge is 2.45. The van der Waals surface area contributed by atoms with Gasteiger partial charge in [0.05, 0.1) is 17.3 Å². The molecule has 0 aliphatic carbocycles. The zero-order valence-corrected chi connectivity index (χ0v) is 27.5. The lowest BCUT2D eigenvalue weighted by molar-refractivity contribution is -0.190. The van der Waals surface area contributed by atoms with Gasteiger partial charge in [-0.25, -0.2) is 14.7 Å². The van der Waals surface area contributed by atoms with Crippen LogP contribution in [0, 0.1) is 0 Å². The van der Waals surface area contributed by atoms with Crippen LogP contribution in [0.3, 0.4) is 0 Å². The number of benzene rings is 3. The van der Waals surface area contributed by atoms with Gasteiger partial charge in [0.2, 0.25) is 5.79 Å². The topological polar surface area (TPSA) is 82.2 Å². The number of rotatable bonds is 9. The monoisotopic (exact) mass is 677 g/mol. The second-order valence-electron chi connectivity index (χ2n) is 11.2. The fourth-order valence-corrected chi connectivity index (χ4v) is 7.03. The van der Waals surface area contributed by atoms with Crippen molar-refractivity contribution in [1.82, 2.24) is 19.3 Å². The van der Waals surface area contributed by atoms with Gasteiger partial charge in [-0.15, -0.1) is 11.3 Å². The normalized spacial score (nSPS) is 20.4. The van der Waals surface area contributed by atoms with E-state index < -0.39 is 5.79 Å². The van der Waals surface area contributed by atoms with E-state index in [1.807, 2.05) is 41.4 Å². The molecule has 2 fully saturated rings. The first-order valence-corrected chi connectivity index (χ1v) is 16.7. The smallest absolute Gasteiger partial charge is 0.217 e. The minimum atomic E-state index is -1.14. The number of hydrogen-bond donors (Lipinski definition) is 0. The summed E-state index contributed by atoms with van der Waals surface area (Å²) in [6.07, 6.45) is 4.79. The van der Waals surface area contributed by atoms with Crippen LogP contribution in [0.15, 0.2) is 96.0 Å². The van der Waals surface area contributed by atoms with Gasteiger partial charge in [-0.1, -0.05) is 29.3 Å². The van der Waals surface area contributed by atoms with E-state index in [0.29, 0.717) is 28.8 Å². The van der Waals surface area contributed by atoms with Gasteiger partial charge in [-0.3, -0.25) is 0 Å². The number of halogens is 2. The van der Waals surface area contributed by atoms with E-state index in [-0.39, 0.29) is 12.6 Å². The highest BCUT2D eigenvalue weighted by Crippen LogP contribution is 2.40. The maximum Gasteiger partial charge on any atom is 0.217 e. The van der Waals surface area contributed by atoms with Crippen molar-refractivity contribution in [2.24, 2.45) is 12.0 Å². The Morgan fingerprint density at radius 1 is 0.978 bits per heavy atom. The van der Waals surface area contributed by atoms with E-state index in [1.54, 1.807) is 34.5 Å². The van der Waals surface area contributed by atoms with E-state index in [1.165, 1.54) is 17.7 Å². The fraction of sp³-hybridized carbons (Fsp3) is 0.303. The Labute approximate surface area is 281 Å². The van der Waals surface area contributed by atoms with Crippen molar-refractivity contribution < 1.29 is 14.2 Å². The summed E-state index contributed by atoms with van der Waals surface area (Å²) in [5, 5.41) is 7.27. The molecule has 46 heavy (non-hydrogen) atoms. The van der Waals surface area contributed by atoms with Gasteiger partial charge < -0.3 is 28.6 Å². The molecule has 4 heterocycles. The number of piperazine rings is 1. The van der Waals surface area contributed by atoms with Crippen LogP contribution in [0.4, 0.5) is 17.1 Å². The highest BCUT2D eigenvalue weighted by atomic mass is 35.5. The van der Waals surface area contributed by atoms with Crippen molar-refractivity contribution in [2.75, 3.05) is 49.2 Å². The molecule has 3 aromatic carbocycles. The second kappa shape index (κ2) is 13.5. The molecule has 13 heteroatoms. The molecule has 0 saturated carbocycles. The van der Waals surface area contributed by atoms with E-state index in [4.69, 9.17) is 42.4 Å².